The molecule has 0 spiro atoms. The number of halogens is 1. The van der Waals surface area contributed by atoms with E-state index in [0.717, 1.165) is 31.8 Å². The highest BCUT2D eigenvalue weighted by Crippen LogP contribution is 2.37. The summed E-state index contributed by atoms with van der Waals surface area (Å²) < 4.78 is 8.93. The zero-order valence-corrected chi connectivity index (χ0v) is 18.0. The molecule has 0 bridgehead atoms. The number of fused-ring (bicyclic) bond motifs is 3. The number of carbonyl (C=O) groups excluding carboxylic acids is 1. The van der Waals surface area contributed by atoms with Crippen molar-refractivity contribution in [1.82, 2.24) is 10.0 Å². The standard InChI is InChI=1S/C23H21BrN2O5/c24-16-8-9-19-18(10-16)22-20(2-1-3-21(22)31-13-17(28)12-27)26(19)11-14-4-6-15(7-5-14)23(29)25-30/h1-10,17,27-28,30H,11-13H2,(H,25,29). The first kappa shape index (κ1) is 21.3. The number of carbonyl (C=O) groups is 1. The number of aliphatic hydroxyl groups excluding tert-OH is 2. The van der Waals surface area contributed by atoms with Crippen molar-refractivity contribution < 1.29 is 25.0 Å². The molecule has 0 saturated carbocycles. The average Bonchev–Trinajstić information content (AvgIpc) is 3.10. The van der Waals surface area contributed by atoms with Crippen molar-refractivity contribution >= 4 is 43.6 Å². The molecular weight excluding hydrogens is 464 g/mol. The number of hydrogen-bond donors (Lipinski definition) is 4. The zero-order valence-electron chi connectivity index (χ0n) is 16.5. The molecule has 7 nitrogen and oxygen atoms in total. The maximum atomic E-state index is 11.6. The summed E-state index contributed by atoms with van der Waals surface area (Å²) in [4.78, 5) is 11.6. The van der Waals surface area contributed by atoms with Crippen molar-refractivity contribution in [2.24, 2.45) is 0 Å². The van der Waals surface area contributed by atoms with E-state index in [2.05, 4.69) is 20.5 Å². The lowest BCUT2D eigenvalue weighted by atomic mass is 10.1. The van der Waals surface area contributed by atoms with E-state index in [9.17, 15) is 9.90 Å². The summed E-state index contributed by atoms with van der Waals surface area (Å²) in [7, 11) is 0. The predicted octanol–water partition coefficient (Wildman–Crippen LogP) is 3.46. The fourth-order valence-corrected chi connectivity index (χ4v) is 3.99. The largest absolute Gasteiger partial charge is 0.490 e. The first-order valence-corrected chi connectivity index (χ1v) is 10.5. The minimum Gasteiger partial charge on any atom is -0.490 e. The lowest BCUT2D eigenvalue weighted by Gasteiger charge is -2.12. The van der Waals surface area contributed by atoms with Crippen LogP contribution in [0.3, 0.4) is 0 Å². The number of benzene rings is 3. The third-order valence-electron chi connectivity index (χ3n) is 5.11. The normalized spacial score (nSPS) is 12.3. The summed E-state index contributed by atoms with van der Waals surface area (Å²) in [5.41, 5.74) is 4.96. The monoisotopic (exact) mass is 484 g/mol. The molecule has 1 amide bonds. The van der Waals surface area contributed by atoms with Crippen LogP contribution >= 0.6 is 15.9 Å². The van der Waals surface area contributed by atoms with Gasteiger partial charge in [-0.2, -0.15) is 0 Å². The van der Waals surface area contributed by atoms with Crippen molar-refractivity contribution in [3.8, 4) is 5.75 Å². The third kappa shape index (κ3) is 4.28. The van der Waals surface area contributed by atoms with Crippen LogP contribution in [0.25, 0.3) is 21.8 Å². The molecule has 4 N–H and O–H groups in total. The summed E-state index contributed by atoms with van der Waals surface area (Å²) in [6.07, 6.45) is -0.954. The van der Waals surface area contributed by atoms with Gasteiger partial charge in [-0.3, -0.25) is 10.0 Å². The van der Waals surface area contributed by atoms with Crippen molar-refractivity contribution in [2.45, 2.75) is 12.6 Å². The Bertz CT molecular complexity index is 1240. The molecule has 3 aromatic carbocycles. The van der Waals surface area contributed by atoms with Crippen molar-refractivity contribution in [2.75, 3.05) is 13.2 Å². The van der Waals surface area contributed by atoms with Crippen LogP contribution in [0, 0.1) is 0 Å². The Hall–Kier alpha value is -2.91. The number of aromatic nitrogens is 1. The quantitative estimate of drug-likeness (QED) is 0.237. The van der Waals surface area contributed by atoms with Gasteiger partial charge in [-0.25, -0.2) is 5.48 Å². The molecule has 0 aliphatic carbocycles. The molecule has 4 aromatic rings. The van der Waals surface area contributed by atoms with Crippen molar-refractivity contribution in [1.29, 1.82) is 0 Å². The van der Waals surface area contributed by atoms with Gasteiger partial charge in [0.1, 0.15) is 18.5 Å². The summed E-state index contributed by atoms with van der Waals surface area (Å²) in [6.45, 7) is 0.184. The first-order chi connectivity index (χ1) is 15.0. The van der Waals surface area contributed by atoms with Crippen LogP contribution in [0.4, 0.5) is 0 Å². The second kappa shape index (κ2) is 9.07. The Morgan fingerprint density at radius 1 is 1.10 bits per heavy atom. The maximum absolute atomic E-state index is 11.6. The van der Waals surface area contributed by atoms with Gasteiger partial charge in [-0.1, -0.05) is 34.1 Å². The van der Waals surface area contributed by atoms with Gasteiger partial charge in [0, 0.05) is 32.9 Å². The second-order valence-electron chi connectivity index (χ2n) is 7.18. The highest BCUT2D eigenvalue weighted by molar-refractivity contribution is 9.10. The molecular formula is C23H21BrN2O5. The molecule has 8 heteroatoms. The van der Waals surface area contributed by atoms with Gasteiger partial charge < -0.3 is 19.5 Å². The lowest BCUT2D eigenvalue weighted by molar-refractivity contribution is 0.0541. The number of hydrogen-bond acceptors (Lipinski definition) is 5. The van der Waals surface area contributed by atoms with Crippen LogP contribution < -0.4 is 10.2 Å². The summed E-state index contributed by atoms with van der Waals surface area (Å²) in [6, 6.07) is 18.8. The van der Waals surface area contributed by atoms with E-state index in [0.29, 0.717) is 17.9 Å². The van der Waals surface area contributed by atoms with Crippen LogP contribution in [0.2, 0.25) is 0 Å². The lowest BCUT2D eigenvalue weighted by Crippen LogP contribution is -2.21. The fraction of sp³-hybridized carbons (Fsp3) is 0.174. The Morgan fingerprint density at radius 2 is 1.87 bits per heavy atom. The van der Waals surface area contributed by atoms with Gasteiger partial charge in [0.25, 0.3) is 5.91 Å². The molecule has 0 saturated heterocycles. The van der Waals surface area contributed by atoms with E-state index in [-0.39, 0.29) is 13.2 Å². The van der Waals surface area contributed by atoms with Crippen LogP contribution in [-0.2, 0) is 6.54 Å². The molecule has 160 valence electrons. The number of amides is 1. The first-order valence-electron chi connectivity index (χ1n) is 9.67. The average molecular weight is 485 g/mol. The molecule has 0 fully saturated rings. The van der Waals surface area contributed by atoms with Gasteiger partial charge in [0.05, 0.1) is 12.1 Å². The summed E-state index contributed by atoms with van der Waals surface area (Å²) in [5.74, 6) is 0.0712. The molecule has 0 aliphatic rings. The minimum atomic E-state index is -0.954. The molecule has 0 radical (unpaired) electrons. The van der Waals surface area contributed by atoms with Crippen LogP contribution in [-0.4, -0.2) is 45.2 Å². The van der Waals surface area contributed by atoms with Gasteiger partial charge in [-0.15, -0.1) is 0 Å². The second-order valence-corrected chi connectivity index (χ2v) is 8.10. The summed E-state index contributed by atoms with van der Waals surface area (Å²) >= 11 is 3.54. The van der Waals surface area contributed by atoms with Crippen LogP contribution in [0.5, 0.6) is 5.75 Å². The molecule has 31 heavy (non-hydrogen) atoms. The molecule has 1 unspecified atom stereocenters. The Kier molecular flexibility index (Phi) is 6.24. The van der Waals surface area contributed by atoms with E-state index in [4.69, 9.17) is 15.1 Å². The SMILES string of the molecule is O=C(NO)c1ccc(Cn2c3ccc(Br)cc3c3c(OCC(O)CO)cccc32)cc1. The fourth-order valence-electron chi connectivity index (χ4n) is 3.63. The zero-order chi connectivity index (χ0) is 22.0. The summed E-state index contributed by atoms with van der Waals surface area (Å²) in [5, 5.41) is 29.5. The van der Waals surface area contributed by atoms with Crippen molar-refractivity contribution in [3.63, 3.8) is 0 Å². The topological polar surface area (TPSA) is 104 Å². The highest BCUT2D eigenvalue weighted by Gasteiger charge is 2.16. The Labute approximate surface area is 186 Å². The number of hydroxylamine groups is 1. The van der Waals surface area contributed by atoms with E-state index < -0.39 is 12.0 Å². The van der Waals surface area contributed by atoms with E-state index in [1.807, 2.05) is 48.5 Å². The van der Waals surface area contributed by atoms with E-state index in [1.54, 1.807) is 17.6 Å². The van der Waals surface area contributed by atoms with Gasteiger partial charge in [-0.05, 0) is 48.0 Å². The van der Waals surface area contributed by atoms with Crippen LogP contribution in [0.1, 0.15) is 15.9 Å². The maximum Gasteiger partial charge on any atom is 0.274 e. The van der Waals surface area contributed by atoms with Gasteiger partial charge in [0.2, 0.25) is 0 Å². The Morgan fingerprint density at radius 3 is 2.58 bits per heavy atom. The minimum absolute atomic E-state index is 0.00925. The number of nitrogens with zero attached hydrogens (tertiary/aromatic N) is 1. The molecule has 1 atom stereocenters. The number of aliphatic hydroxyl groups is 2. The number of nitrogens with one attached hydrogen (secondary N) is 1. The van der Waals surface area contributed by atoms with E-state index >= 15 is 0 Å². The van der Waals surface area contributed by atoms with Gasteiger partial charge in [0.15, 0.2) is 0 Å². The number of ether oxygens (including phenoxy) is 1. The van der Waals surface area contributed by atoms with E-state index in [1.165, 1.54) is 0 Å². The number of rotatable bonds is 7. The Balaban J connectivity index is 1.80. The molecule has 4 rings (SSSR count). The van der Waals surface area contributed by atoms with Gasteiger partial charge >= 0.3 is 0 Å². The van der Waals surface area contributed by atoms with Crippen LogP contribution in [0.15, 0.2) is 65.1 Å². The molecule has 0 aliphatic heterocycles. The molecule has 1 heterocycles. The van der Waals surface area contributed by atoms with Crippen molar-refractivity contribution in [3.05, 3.63) is 76.3 Å². The smallest absolute Gasteiger partial charge is 0.274 e. The third-order valence-corrected chi connectivity index (χ3v) is 5.61. The molecule has 1 aromatic heterocycles. The predicted molar refractivity (Wildman–Crippen MR) is 121 cm³/mol. The highest BCUT2D eigenvalue weighted by atomic mass is 79.9.